The van der Waals surface area contributed by atoms with Gasteiger partial charge in [-0.05, 0) is 56.4 Å². The van der Waals surface area contributed by atoms with Crippen molar-refractivity contribution in [2.75, 3.05) is 12.0 Å². The molecule has 1 aliphatic carbocycles. The molecule has 19 heavy (non-hydrogen) atoms. The predicted molar refractivity (Wildman–Crippen MR) is 77.4 cm³/mol. The molecule has 100 valence electrons. The Morgan fingerprint density at radius 1 is 1.32 bits per heavy atom. The molecule has 4 heteroatoms. The van der Waals surface area contributed by atoms with Crippen LogP contribution in [0.25, 0.3) is 10.9 Å². The third kappa shape index (κ3) is 2.12. The Labute approximate surface area is 112 Å². The van der Waals surface area contributed by atoms with Crippen LogP contribution >= 0.6 is 0 Å². The van der Waals surface area contributed by atoms with E-state index in [1.54, 1.807) is 0 Å². The average Bonchev–Trinajstić information content (AvgIpc) is 2.45. The highest BCUT2D eigenvalue weighted by atomic mass is 16.5. The maximum Gasteiger partial charge on any atom is 0.120 e. The lowest BCUT2D eigenvalue weighted by atomic mass is 9.93. The zero-order valence-electron chi connectivity index (χ0n) is 11.2. The van der Waals surface area contributed by atoms with Gasteiger partial charge in [0.1, 0.15) is 5.75 Å². The summed E-state index contributed by atoms with van der Waals surface area (Å²) in [7, 11) is 0. The molecular weight excluding hydrogens is 238 g/mol. The zero-order valence-corrected chi connectivity index (χ0v) is 11.2. The molecule has 1 heterocycles. The topological polar surface area (TPSA) is 60.2 Å². The first-order valence-corrected chi connectivity index (χ1v) is 6.88. The molecule has 0 unspecified atom stereocenters. The second-order valence-corrected chi connectivity index (χ2v) is 4.88. The largest absolute Gasteiger partial charge is 0.494 e. The second-order valence-electron chi connectivity index (χ2n) is 4.88. The van der Waals surface area contributed by atoms with E-state index in [1.807, 2.05) is 25.1 Å². The molecule has 1 aliphatic rings. The highest BCUT2D eigenvalue weighted by Crippen LogP contribution is 2.34. The van der Waals surface area contributed by atoms with Crippen molar-refractivity contribution in [1.82, 2.24) is 4.98 Å². The van der Waals surface area contributed by atoms with Crippen molar-refractivity contribution in [2.45, 2.75) is 32.6 Å². The number of pyridine rings is 1. The van der Waals surface area contributed by atoms with E-state index in [2.05, 4.69) is 5.43 Å². The van der Waals surface area contributed by atoms with E-state index in [0.29, 0.717) is 6.61 Å². The minimum absolute atomic E-state index is 0.662. The Bertz CT molecular complexity index is 610. The van der Waals surface area contributed by atoms with Gasteiger partial charge in [0.05, 0.1) is 17.8 Å². The second kappa shape index (κ2) is 5.05. The van der Waals surface area contributed by atoms with E-state index in [4.69, 9.17) is 15.6 Å². The van der Waals surface area contributed by atoms with Gasteiger partial charge in [-0.2, -0.15) is 0 Å². The SMILES string of the molecule is CCOc1ccc2nc3c(c(NN)c2c1)CCCC3. The van der Waals surface area contributed by atoms with Crippen LogP contribution in [-0.2, 0) is 12.8 Å². The molecule has 2 aromatic rings. The number of hydrazine groups is 1. The molecule has 0 aliphatic heterocycles. The molecule has 0 saturated heterocycles. The maximum absolute atomic E-state index is 5.75. The van der Waals surface area contributed by atoms with Crippen molar-refractivity contribution in [2.24, 2.45) is 5.84 Å². The van der Waals surface area contributed by atoms with Crippen molar-refractivity contribution in [3.05, 3.63) is 29.5 Å². The van der Waals surface area contributed by atoms with Gasteiger partial charge in [-0.15, -0.1) is 0 Å². The number of benzene rings is 1. The number of aromatic nitrogens is 1. The molecule has 1 aromatic heterocycles. The van der Waals surface area contributed by atoms with Gasteiger partial charge in [-0.25, -0.2) is 0 Å². The normalized spacial score (nSPS) is 14.2. The number of anilines is 1. The molecule has 4 nitrogen and oxygen atoms in total. The summed E-state index contributed by atoms with van der Waals surface area (Å²) in [6, 6.07) is 6.00. The summed E-state index contributed by atoms with van der Waals surface area (Å²) in [5, 5.41) is 1.05. The summed E-state index contributed by atoms with van der Waals surface area (Å²) >= 11 is 0. The number of nitrogens with one attached hydrogen (secondary N) is 1. The maximum atomic E-state index is 5.75. The van der Waals surface area contributed by atoms with Crippen LogP contribution in [0.2, 0.25) is 0 Å². The first-order valence-electron chi connectivity index (χ1n) is 6.88. The predicted octanol–water partition coefficient (Wildman–Crippen LogP) is 2.80. The summed E-state index contributed by atoms with van der Waals surface area (Å²) in [6.45, 7) is 2.65. The van der Waals surface area contributed by atoms with E-state index < -0.39 is 0 Å². The van der Waals surface area contributed by atoms with Gasteiger partial charge >= 0.3 is 0 Å². The fourth-order valence-electron chi connectivity index (χ4n) is 2.82. The number of hydrogen-bond acceptors (Lipinski definition) is 4. The summed E-state index contributed by atoms with van der Waals surface area (Å²) in [5.74, 6) is 6.61. The van der Waals surface area contributed by atoms with E-state index >= 15 is 0 Å². The molecule has 0 fully saturated rings. The molecule has 0 atom stereocenters. The number of fused-ring (bicyclic) bond motifs is 2. The van der Waals surface area contributed by atoms with E-state index in [1.165, 1.54) is 24.1 Å². The Morgan fingerprint density at radius 2 is 2.16 bits per heavy atom. The van der Waals surface area contributed by atoms with Gasteiger partial charge in [-0.1, -0.05) is 0 Å². The molecule has 3 N–H and O–H groups in total. The highest BCUT2D eigenvalue weighted by molar-refractivity contribution is 5.94. The van der Waals surface area contributed by atoms with Crippen LogP contribution in [-0.4, -0.2) is 11.6 Å². The minimum atomic E-state index is 0.662. The average molecular weight is 257 g/mol. The van der Waals surface area contributed by atoms with Crippen LogP contribution in [0.5, 0.6) is 5.75 Å². The number of ether oxygens (including phenoxy) is 1. The van der Waals surface area contributed by atoms with Crippen LogP contribution in [0.3, 0.4) is 0 Å². The molecule has 1 aromatic carbocycles. The molecule has 0 bridgehead atoms. The highest BCUT2D eigenvalue weighted by Gasteiger charge is 2.17. The van der Waals surface area contributed by atoms with E-state index in [9.17, 15) is 0 Å². The van der Waals surface area contributed by atoms with Crippen molar-refractivity contribution in [1.29, 1.82) is 0 Å². The Morgan fingerprint density at radius 3 is 2.95 bits per heavy atom. The Balaban J connectivity index is 2.22. The molecular formula is C15H19N3O. The van der Waals surface area contributed by atoms with Crippen LogP contribution < -0.4 is 16.0 Å². The zero-order chi connectivity index (χ0) is 13.2. The van der Waals surface area contributed by atoms with E-state index in [0.717, 1.165) is 35.2 Å². The van der Waals surface area contributed by atoms with Crippen LogP contribution in [0, 0.1) is 0 Å². The smallest absolute Gasteiger partial charge is 0.120 e. The lowest BCUT2D eigenvalue weighted by Crippen LogP contribution is -2.15. The fraction of sp³-hybridized carbons (Fsp3) is 0.400. The third-order valence-corrected chi connectivity index (χ3v) is 3.69. The number of nitrogens with two attached hydrogens (primary N) is 1. The molecule has 0 spiro atoms. The first-order chi connectivity index (χ1) is 9.33. The van der Waals surface area contributed by atoms with Gasteiger partial charge in [0.25, 0.3) is 0 Å². The summed E-state index contributed by atoms with van der Waals surface area (Å²) in [4.78, 5) is 4.77. The minimum Gasteiger partial charge on any atom is -0.494 e. The Kier molecular flexibility index (Phi) is 3.25. The molecule has 3 rings (SSSR count). The van der Waals surface area contributed by atoms with Gasteiger partial charge < -0.3 is 10.2 Å². The lowest BCUT2D eigenvalue weighted by molar-refractivity contribution is 0.340. The van der Waals surface area contributed by atoms with Gasteiger partial charge in [0, 0.05) is 11.1 Å². The first kappa shape index (κ1) is 12.2. The van der Waals surface area contributed by atoms with Crippen LogP contribution in [0.15, 0.2) is 18.2 Å². The number of nitrogens with zero attached hydrogens (tertiary/aromatic N) is 1. The monoisotopic (exact) mass is 257 g/mol. The van der Waals surface area contributed by atoms with Gasteiger partial charge in [-0.3, -0.25) is 10.8 Å². The van der Waals surface area contributed by atoms with Gasteiger partial charge in [0.2, 0.25) is 0 Å². The third-order valence-electron chi connectivity index (χ3n) is 3.69. The fourth-order valence-corrected chi connectivity index (χ4v) is 2.82. The van der Waals surface area contributed by atoms with Crippen LogP contribution in [0.1, 0.15) is 31.0 Å². The summed E-state index contributed by atoms with van der Waals surface area (Å²) in [6.07, 6.45) is 4.52. The standard InChI is InChI=1S/C15H19N3O/c1-2-19-10-7-8-14-12(9-10)15(18-16)11-5-3-4-6-13(11)17-14/h7-9H,2-6,16H2,1H3,(H,17,18). The summed E-state index contributed by atoms with van der Waals surface area (Å²) in [5.41, 5.74) is 7.33. The molecule has 0 radical (unpaired) electrons. The number of rotatable bonds is 3. The quantitative estimate of drug-likeness (QED) is 0.655. The number of nitrogen functional groups attached to an aromatic ring is 1. The molecule has 0 amide bonds. The van der Waals surface area contributed by atoms with Crippen molar-refractivity contribution in [3.8, 4) is 5.75 Å². The summed E-state index contributed by atoms with van der Waals surface area (Å²) < 4.78 is 5.56. The Hall–Kier alpha value is -1.81. The van der Waals surface area contributed by atoms with E-state index in [-0.39, 0.29) is 0 Å². The van der Waals surface area contributed by atoms with Crippen LogP contribution in [0.4, 0.5) is 5.69 Å². The van der Waals surface area contributed by atoms with Crippen molar-refractivity contribution in [3.63, 3.8) is 0 Å². The van der Waals surface area contributed by atoms with Crippen molar-refractivity contribution < 1.29 is 4.74 Å². The van der Waals surface area contributed by atoms with Gasteiger partial charge in [0.15, 0.2) is 0 Å². The number of aryl methyl sites for hydroxylation is 1. The lowest BCUT2D eigenvalue weighted by Gasteiger charge is -2.20. The molecule has 0 saturated carbocycles. The van der Waals surface area contributed by atoms with Crippen molar-refractivity contribution >= 4 is 16.6 Å². The number of hydrogen-bond donors (Lipinski definition) is 2.